The van der Waals surface area contributed by atoms with E-state index >= 15 is 0 Å². The van der Waals surface area contributed by atoms with Crippen molar-refractivity contribution in [3.05, 3.63) is 65.0 Å². The molecule has 2 N–H and O–H groups in total. The molecule has 5 heteroatoms. The Labute approximate surface area is 140 Å². The molecule has 2 aromatic carbocycles. The van der Waals surface area contributed by atoms with Crippen molar-refractivity contribution in [3.63, 3.8) is 0 Å². The number of para-hydroxylation sites is 1. The van der Waals surface area contributed by atoms with E-state index in [1.807, 2.05) is 24.3 Å². The highest BCUT2D eigenvalue weighted by Gasteiger charge is 2.23. The number of fused-ring (bicyclic) bond motifs is 1. The first-order valence-electron chi connectivity index (χ1n) is 8.04. The van der Waals surface area contributed by atoms with Gasteiger partial charge in [-0.25, -0.2) is 4.39 Å². The lowest BCUT2D eigenvalue weighted by Crippen LogP contribution is -2.26. The summed E-state index contributed by atoms with van der Waals surface area (Å²) < 4.78 is 19.0. The minimum absolute atomic E-state index is 0.0495. The summed E-state index contributed by atoms with van der Waals surface area (Å²) in [6, 6.07) is 12.3. The summed E-state index contributed by atoms with van der Waals surface area (Å²) in [4.78, 5) is 12.2. The van der Waals surface area contributed by atoms with Gasteiger partial charge in [0.25, 0.3) is 0 Å². The molecule has 2 aromatic rings. The van der Waals surface area contributed by atoms with Crippen molar-refractivity contribution in [1.82, 2.24) is 5.32 Å². The Hall–Kier alpha value is -2.40. The Kier molecular flexibility index (Phi) is 5.11. The number of aliphatic hydroxyl groups excluding tert-OH is 1. The molecular weight excluding hydrogens is 309 g/mol. The first-order chi connectivity index (χ1) is 11.7. The fourth-order valence-electron chi connectivity index (χ4n) is 2.98. The zero-order valence-electron chi connectivity index (χ0n) is 13.3. The zero-order chi connectivity index (χ0) is 16.9. The summed E-state index contributed by atoms with van der Waals surface area (Å²) in [7, 11) is 0. The van der Waals surface area contributed by atoms with Gasteiger partial charge in [0, 0.05) is 18.5 Å². The van der Waals surface area contributed by atoms with Crippen LogP contribution in [0.4, 0.5) is 4.39 Å². The maximum atomic E-state index is 13.4. The molecule has 1 atom stereocenters. The molecule has 0 saturated carbocycles. The van der Waals surface area contributed by atoms with Gasteiger partial charge < -0.3 is 15.2 Å². The van der Waals surface area contributed by atoms with Crippen molar-refractivity contribution in [1.29, 1.82) is 0 Å². The van der Waals surface area contributed by atoms with Crippen molar-refractivity contribution in [2.45, 2.75) is 31.9 Å². The lowest BCUT2D eigenvalue weighted by Gasteiger charge is -2.25. The van der Waals surface area contributed by atoms with Gasteiger partial charge in [-0.2, -0.15) is 0 Å². The molecule has 0 radical (unpaired) electrons. The second-order valence-electron chi connectivity index (χ2n) is 5.94. The van der Waals surface area contributed by atoms with Crippen LogP contribution in [-0.4, -0.2) is 17.6 Å². The third-order valence-electron chi connectivity index (χ3n) is 4.28. The quantitative estimate of drug-likeness (QED) is 0.887. The summed E-state index contributed by atoms with van der Waals surface area (Å²) in [6.45, 7) is 0.580. The van der Waals surface area contributed by atoms with Crippen molar-refractivity contribution >= 4 is 5.91 Å². The van der Waals surface area contributed by atoms with Gasteiger partial charge in [-0.1, -0.05) is 24.3 Å². The van der Waals surface area contributed by atoms with Crippen molar-refractivity contribution < 1.29 is 19.0 Å². The number of benzene rings is 2. The van der Waals surface area contributed by atoms with E-state index in [-0.39, 0.29) is 24.0 Å². The summed E-state index contributed by atoms with van der Waals surface area (Å²) in [6.07, 6.45) is 1.21. The molecule has 0 aromatic heterocycles. The Morgan fingerprint density at radius 2 is 2.12 bits per heavy atom. The van der Waals surface area contributed by atoms with Gasteiger partial charge in [-0.05, 0) is 41.7 Å². The standard InChI is InChI=1S/C19H20FNO3/c20-17-6-5-13(9-15(17)12-22)11-21-19(23)10-14-7-8-24-18-4-2-1-3-16(14)18/h1-6,9,14,22H,7-8,10-12H2,(H,21,23). The van der Waals surface area contributed by atoms with Crippen LogP contribution in [0.15, 0.2) is 42.5 Å². The lowest BCUT2D eigenvalue weighted by atomic mass is 9.90. The van der Waals surface area contributed by atoms with E-state index in [1.165, 1.54) is 6.07 Å². The zero-order valence-corrected chi connectivity index (χ0v) is 13.3. The van der Waals surface area contributed by atoms with Gasteiger partial charge in [0.05, 0.1) is 13.2 Å². The molecule has 1 unspecified atom stereocenters. The molecule has 3 rings (SSSR count). The SMILES string of the molecule is O=C(CC1CCOc2ccccc21)NCc1ccc(F)c(CO)c1. The molecule has 1 heterocycles. The van der Waals surface area contributed by atoms with Crippen LogP contribution in [0, 0.1) is 5.82 Å². The molecule has 0 bridgehead atoms. The summed E-state index contributed by atoms with van der Waals surface area (Å²) >= 11 is 0. The van der Waals surface area contributed by atoms with Crippen LogP contribution in [0.5, 0.6) is 5.75 Å². The largest absolute Gasteiger partial charge is 0.493 e. The molecule has 1 aliphatic heterocycles. The Morgan fingerprint density at radius 3 is 2.96 bits per heavy atom. The second-order valence-corrected chi connectivity index (χ2v) is 5.94. The number of halogens is 1. The summed E-state index contributed by atoms with van der Waals surface area (Å²) in [5.41, 5.74) is 2.07. The van der Waals surface area contributed by atoms with E-state index in [9.17, 15) is 9.18 Å². The van der Waals surface area contributed by atoms with E-state index < -0.39 is 5.82 Å². The third kappa shape index (κ3) is 3.74. The number of carbonyl (C=O) groups excluding carboxylic acids is 1. The maximum Gasteiger partial charge on any atom is 0.220 e. The monoisotopic (exact) mass is 329 g/mol. The molecule has 126 valence electrons. The van der Waals surface area contributed by atoms with Crippen molar-refractivity contribution in [3.8, 4) is 5.75 Å². The minimum atomic E-state index is -0.439. The smallest absolute Gasteiger partial charge is 0.220 e. The highest BCUT2D eigenvalue weighted by Crippen LogP contribution is 2.35. The molecular formula is C19H20FNO3. The number of rotatable bonds is 5. The van der Waals surface area contributed by atoms with Crippen LogP contribution in [0.3, 0.4) is 0 Å². The van der Waals surface area contributed by atoms with Crippen LogP contribution in [0.1, 0.15) is 35.4 Å². The third-order valence-corrected chi connectivity index (χ3v) is 4.28. The maximum absolute atomic E-state index is 13.4. The first kappa shape index (κ1) is 16.5. The fraction of sp³-hybridized carbons (Fsp3) is 0.316. The minimum Gasteiger partial charge on any atom is -0.493 e. The van der Waals surface area contributed by atoms with Crippen molar-refractivity contribution in [2.24, 2.45) is 0 Å². The highest BCUT2D eigenvalue weighted by atomic mass is 19.1. The average Bonchev–Trinajstić information content (AvgIpc) is 2.61. The van der Waals surface area contributed by atoms with Crippen LogP contribution >= 0.6 is 0 Å². The Bertz CT molecular complexity index is 732. The van der Waals surface area contributed by atoms with Gasteiger partial charge in [0.2, 0.25) is 5.91 Å². The van der Waals surface area contributed by atoms with Gasteiger partial charge in [-0.15, -0.1) is 0 Å². The number of ether oxygens (including phenoxy) is 1. The topological polar surface area (TPSA) is 58.6 Å². The summed E-state index contributed by atoms with van der Waals surface area (Å²) in [5, 5.41) is 12.0. The molecule has 0 spiro atoms. The lowest BCUT2D eigenvalue weighted by molar-refractivity contribution is -0.121. The molecule has 1 aliphatic rings. The predicted molar refractivity (Wildman–Crippen MR) is 88.1 cm³/mol. The van der Waals surface area contributed by atoms with Gasteiger partial charge >= 0.3 is 0 Å². The summed E-state index contributed by atoms with van der Waals surface area (Å²) in [5.74, 6) is 0.516. The number of carbonyl (C=O) groups is 1. The Morgan fingerprint density at radius 1 is 1.29 bits per heavy atom. The van der Waals surface area contributed by atoms with Crippen LogP contribution in [0.2, 0.25) is 0 Å². The number of aliphatic hydroxyl groups is 1. The highest BCUT2D eigenvalue weighted by molar-refractivity contribution is 5.77. The number of amides is 1. The molecule has 0 saturated heterocycles. The molecule has 0 aliphatic carbocycles. The number of hydrogen-bond donors (Lipinski definition) is 2. The molecule has 1 amide bonds. The van der Waals surface area contributed by atoms with Gasteiger partial charge in [0.1, 0.15) is 11.6 Å². The van der Waals surface area contributed by atoms with Gasteiger partial charge in [-0.3, -0.25) is 4.79 Å². The van der Waals surface area contributed by atoms with E-state index in [4.69, 9.17) is 9.84 Å². The van der Waals surface area contributed by atoms with Crippen molar-refractivity contribution in [2.75, 3.05) is 6.61 Å². The van der Waals surface area contributed by atoms with E-state index in [0.717, 1.165) is 23.3 Å². The normalized spacial score (nSPS) is 16.2. The van der Waals surface area contributed by atoms with Crippen LogP contribution < -0.4 is 10.1 Å². The number of nitrogens with one attached hydrogen (secondary N) is 1. The Balaban J connectivity index is 1.59. The second kappa shape index (κ2) is 7.45. The molecule has 4 nitrogen and oxygen atoms in total. The first-order valence-corrected chi connectivity index (χ1v) is 8.04. The van der Waals surface area contributed by atoms with E-state index in [0.29, 0.717) is 19.6 Å². The predicted octanol–water partition coefficient (Wildman–Crippen LogP) is 2.89. The van der Waals surface area contributed by atoms with E-state index in [1.54, 1.807) is 12.1 Å². The van der Waals surface area contributed by atoms with Crippen LogP contribution in [-0.2, 0) is 17.9 Å². The molecule has 24 heavy (non-hydrogen) atoms. The molecule has 0 fully saturated rings. The number of hydrogen-bond acceptors (Lipinski definition) is 3. The van der Waals surface area contributed by atoms with Gasteiger partial charge in [0.15, 0.2) is 0 Å². The fourth-order valence-corrected chi connectivity index (χ4v) is 2.98. The van der Waals surface area contributed by atoms with Crippen LogP contribution in [0.25, 0.3) is 0 Å². The average molecular weight is 329 g/mol. The van der Waals surface area contributed by atoms with E-state index in [2.05, 4.69) is 5.32 Å².